The lowest BCUT2D eigenvalue weighted by Gasteiger charge is -2.62. The molecule has 4 aliphatic carbocycles. The number of hydrogen-bond acceptors (Lipinski definition) is 6. The maximum Gasteiger partial charge on any atom is 0.302 e. The largest absolute Gasteiger partial charge is 0.463 e. The van der Waals surface area contributed by atoms with E-state index in [1.165, 1.54) is 20.8 Å². The monoisotopic (exact) mass is 434 g/mol. The van der Waals surface area contributed by atoms with Crippen LogP contribution in [-0.4, -0.2) is 36.2 Å². The highest BCUT2D eigenvalue weighted by atomic mass is 16.6. The highest BCUT2D eigenvalue weighted by Crippen LogP contribution is 2.67. The number of carbonyl (C=O) groups excluding carboxylic acids is 3. The van der Waals surface area contributed by atoms with Gasteiger partial charge in [-0.3, -0.25) is 14.4 Å². The van der Waals surface area contributed by atoms with Crippen LogP contribution < -0.4 is 0 Å². The van der Waals surface area contributed by atoms with Crippen LogP contribution in [0.4, 0.5) is 0 Å². The molecule has 0 amide bonds. The van der Waals surface area contributed by atoms with Gasteiger partial charge >= 0.3 is 17.9 Å². The molecule has 6 heteroatoms. The van der Waals surface area contributed by atoms with Gasteiger partial charge in [0.15, 0.2) is 0 Å². The van der Waals surface area contributed by atoms with Crippen molar-refractivity contribution < 1.29 is 28.6 Å². The zero-order chi connectivity index (χ0) is 22.6. The molecule has 6 nitrogen and oxygen atoms in total. The topological polar surface area (TPSA) is 78.9 Å². The van der Waals surface area contributed by atoms with Gasteiger partial charge in [0.05, 0.1) is 0 Å². The molecule has 4 saturated carbocycles. The number of carbonyl (C=O) groups is 3. The van der Waals surface area contributed by atoms with E-state index in [1.807, 2.05) is 0 Å². The summed E-state index contributed by atoms with van der Waals surface area (Å²) in [6.45, 7) is 9.18. The van der Waals surface area contributed by atoms with Gasteiger partial charge in [0.25, 0.3) is 0 Å². The minimum Gasteiger partial charge on any atom is -0.463 e. The number of esters is 3. The molecule has 9 atom stereocenters. The van der Waals surface area contributed by atoms with Crippen LogP contribution in [0.2, 0.25) is 0 Å². The fourth-order valence-corrected chi connectivity index (χ4v) is 8.31. The van der Waals surface area contributed by atoms with Crippen LogP contribution >= 0.6 is 0 Å². The van der Waals surface area contributed by atoms with E-state index in [-0.39, 0.29) is 47.0 Å². The first-order valence-electron chi connectivity index (χ1n) is 12.0. The maximum absolute atomic E-state index is 12.1. The molecular weight excluding hydrogens is 396 g/mol. The third-order valence-corrected chi connectivity index (χ3v) is 9.23. The van der Waals surface area contributed by atoms with E-state index in [0.717, 1.165) is 51.4 Å². The Morgan fingerprint density at radius 2 is 1.42 bits per heavy atom. The lowest BCUT2D eigenvalue weighted by atomic mass is 9.44. The molecule has 0 aromatic carbocycles. The van der Waals surface area contributed by atoms with Crippen molar-refractivity contribution in [3.63, 3.8) is 0 Å². The van der Waals surface area contributed by atoms with E-state index in [1.54, 1.807) is 0 Å². The second-order valence-electron chi connectivity index (χ2n) is 11.3. The highest BCUT2D eigenvalue weighted by Gasteiger charge is 2.63. The van der Waals surface area contributed by atoms with Gasteiger partial charge in [0, 0.05) is 26.7 Å². The van der Waals surface area contributed by atoms with Gasteiger partial charge in [-0.25, -0.2) is 0 Å². The first kappa shape index (κ1) is 22.6. The van der Waals surface area contributed by atoms with E-state index < -0.39 is 0 Å². The number of fused-ring (bicyclic) bond motifs is 5. The minimum atomic E-state index is -0.209. The van der Waals surface area contributed by atoms with Gasteiger partial charge < -0.3 is 14.2 Å². The Hall–Kier alpha value is -1.59. The molecule has 4 aliphatic rings. The number of rotatable bonds is 3. The maximum atomic E-state index is 12.1. The molecule has 0 aliphatic heterocycles. The van der Waals surface area contributed by atoms with Crippen LogP contribution in [0.25, 0.3) is 0 Å². The molecule has 0 N–H and O–H groups in total. The van der Waals surface area contributed by atoms with Crippen molar-refractivity contribution in [3.8, 4) is 0 Å². The van der Waals surface area contributed by atoms with Crippen LogP contribution in [0, 0.1) is 34.5 Å². The molecule has 0 radical (unpaired) electrons. The van der Waals surface area contributed by atoms with Crippen LogP contribution in [-0.2, 0) is 28.6 Å². The van der Waals surface area contributed by atoms with Crippen molar-refractivity contribution in [2.45, 2.75) is 104 Å². The Bertz CT molecular complexity index is 748. The molecule has 0 aromatic rings. The Morgan fingerprint density at radius 3 is 2.06 bits per heavy atom. The molecule has 0 bridgehead atoms. The van der Waals surface area contributed by atoms with Crippen LogP contribution in [0.15, 0.2) is 0 Å². The Morgan fingerprint density at radius 1 is 0.774 bits per heavy atom. The third-order valence-electron chi connectivity index (χ3n) is 9.23. The van der Waals surface area contributed by atoms with Gasteiger partial charge in [-0.05, 0) is 80.0 Å². The molecule has 174 valence electrons. The normalized spacial score (nSPS) is 46.2. The summed E-state index contributed by atoms with van der Waals surface area (Å²) < 4.78 is 17.3. The summed E-state index contributed by atoms with van der Waals surface area (Å²) in [6, 6.07) is 0. The summed E-state index contributed by atoms with van der Waals surface area (Å²) >= 11 is 0. The summed E-state index contributed by atoms with van der Waals surface area (Å²) in [6.07, 6.45) is 7.48. The molecule has 0 spiro atoms. The minimum absolute atomic E-state index is 0.00739. The van der Waals surface area contributed by atoms with Crippen LogP contribution in [0.3, 0.4) is 0 Å². The lowest BCUT2D eigenvalue weighted by Crippen LogP contribution is -2.59. The first-order valence-corrected chi connectivity index (χ1v) is 12.0. The van der Waals surface area contributed by atoms with E-state index in [9.17, 15) is 14.4 Å². The summed E-state index contributed by atoms with van der Waals surface area (Å²) in [7, 11) is 0. The average molecular weight is 435 g/mol. The van der Waals surface area contributed by atoms with E-state index in [2.05, 4.69) is 13.8 Å². The predicted octanol–water partition coefficient (Wildman–Crippen LogP) is 4.43. The zero-order valence-electron chi connectivity index (χ0n) is 19.6. The summed E-state index contributed by atoms with van der Waals surface area (Å²) in [5, 5.41) is 0. The number of ether oxygens (including phenoxy) is 3. The molecule has 4 fully saturated rings. The molecule has 0 heterocycles. The Labute approximate surface area is 185 Å². The van der Waals surface area contributed by atoms with Gasteiger partial charge in [0.1, 0.15) is 18.3 Å². The molecule has 0 unspecified atom stereocenters. The van der Waals surface area contributed by atoms with E-state index in [4.69, 9.17) is 14.2 Å². The Balaban J connectivity index is 1.62. The molecule has 0 saturated heterocycles. The van der Waals surface area contributed by atoms with Crippen molar-refractivity contribution in [3.05, 3.63) is 0 Å². The second-order valence-corrected chi connectivity index (χ2v) is 11.3. The highest BCUT2D eigenvalue weighted by molar-refractivity contribution is 5.67. The Kier molecular flexibility index (Phi) is 5.89. The van der Waals surface area contributed by atoms with Gasteiger partial charge in [-0.15, -0.1) is 0 Å². The van der Waals surface area contributed by atoms with E-state index >= 15 is 0 Å². The zero-order valence-corrected chi connectivity index (χ0v) is 19.6. The smallest absolute Gasteiger partial charge is 0.302 e. The van der Waals surface area contributed by atoms with Gasteiger partial charge in [0.2, 0.25) is 0 Å². The van der Waals surface area contributed by atoms with Gasteiger partial charge in [-0.2, -0.15) is 0 Å². The van der Waals surface area contributed by atoms with Crippen LogP contribution in [0.1, 0.15) is 86.0 Å². The lowest BCUT2D eigenvalue weighted by molar-refractivity contribution is -0.197. The molecule has 31 heavy (non-hydrogen) atoms. The quantitative estimate of drug-likeness (QED) is 0.483. The average Bonchev–Trinajstić information content (AvgIpc) is 2.95. The van der Waals surface area contributed by atoms with Crippen molar-refractivity contribution in [1.82, 2.24) is 0 Å². The fraction of sp³-hybridized carbons (Fsp3) is 0.880. The summed E-state index contributed by atoms with van der Waals surface area (Å²) in [4.78, 5) is 35.2. The molecular formula is C25H38O6. The third kappa shape index (κ3) is 4.11. The predicted molar refractivity (Wildman–Crippen MR) is 114 cm³/mol. The first-order chi connectivity index (χ1) is 14.5. The van der Waals surface area contributed by atoms with Crippen molar-refractivity contribution in [2.75, 3.05) is 0 Å². The SMILES string of the molecule is CC(=O)O[C@@H]1CC[C@@]2(C)[C@@H](CC[C@H]3[C@@H]2[C@H](OC(C)=O)C[C@@]2(C)C[C@H](OC(C)=O)C[C@@H]32)C1. The fourth-order valence-electron chi connectivity index (χ4n) is 8.31. The van der Waals surface area contributed by atoms with Gasteiger partial charge in [-0.1, -0.05) is 13.8 Å². The number of hydrogen-bond donors (Lipinski definition) is 0. The molecule has 0 aromatic heterocycles. The van der Waals surface area contributed by atoms with Crippen molar-refractivity contribution >= 4 is 17.9 Å². The van der Waals surface area contributed by atoms with Crippen molar-refractivity contribution in [2.24, 2.45) is 34.5 Å². The standard InChI is InChI=1S/C25H38O6/c1-14(26)29-18-8-9-25(5)17(10-18)6-7-20-21-11-19(30-15(2)27)12-24(21,4)13-22(23(20)25)31-16(3)28/h17-23H,6-13H2,1-5H3/t17-,18+,19+,20+,21-,22+,23+,24+,25-/m0/s1. The summed E-state index contributed by atoms with van der Waals surface area (Å²) in [5.41, 5.74) is 0.0973. The van der Waals surface area contributed by atoms with Crippen LogP contribution in [0.5, 0.6) is 0 Å². The van der Waals surface area contributed by atoms with Crippen molar-refractivity contribution in [1.29, 1.82) is 0 Å². The summed E-state index contributed by atoms with van der Waals surface area (Å²) in [5.74, 6) is 1.12. The second kappa shape index (κ2) is 8.08. The van der Waals surface area contributed by atoms with E-state index in [0.29, 0.717) is 23.7 Å². The molecule has 4 rings (SSSR count).